The number of carbonyl (C=O) groups is 3. The van der Waals surface area contributed by atoms with Crippen LogP contribution in [0.2, 0.25) is 0 Å². The van der Waals surface area contributed by atoms with Crippen molar-refractivity contribution >= 4 is 23.5 Å². The fraction of sp³-hybridized carbons (Fsp3) is 0.450. The van der Waals surface area contributed by atoms with E-state index in [1.54, 1.807) is 30.3 Å². The molecule has 0 unspecified atom stereocenters. The lowest BCUT2D eigenvalue weighted by molar-refractivity contribution is -0.140. The number of amides is 2. The topological polar surface area (TPSA) is 95.5 Å². The van der Waals surface area contributed by atoms with Crippen LogP contribution in [-0.2, 0) is 9.59 Å². The van der Waals surface area contributed by atoms with Gasteiger partial charge >= 0.3 is 5.97 Å². The summed E-state index contributed by atoms with van der Waals surface area (Å²) < 4.78 is 0. The summed E-state index contributed by atoms with van der Waals surface area (Å²) in [6, 6.07) is 6.63. The maximum atomic E-state index is 12.4. The summed E-state index contributed by atoms with van der Waals surface area (Å²) in [6.07, 6.45) is 6.42. The molecular formula is C20H26N2O4. The van der Waals surface area contributed by atoms with Gasteiger partial charge in [0.1, 0.15) is 0 Å². The lowest BCUT2D eigenvalue weighted by Gasteiger charge is -2.35. The number of hydrogen-bond donors (Lipinski definition) is 3. The Balaban J connectivity index is 1.96. The molecular weight excluding hydrogens is 332 g/mol. The number of rotatable bonds is 8. The first-order valence-electron chi connectivity index (χ1n) is 8.95. The van der Waals surface area contributed by atoms with E-state index in [0.29, 0.717) is 17.8 Å². The Hall–Kier alpha value is -2.63. The molecule has 1 fully saturated rings. The molecule has 26 heavy (non-hydrogen) atoms. The van der Waals surface area contributed by atoms with Gasteiger partial charge in [0.25, 0.3) is 5.91 Å². The van der Waals surface area contributed by atoms with E-state index in [1.165, 1.54) is 0 Å². The molecule has 6 heteroatoms. The third kappa shape index (κ3) is 5.72. The van der Waals surface area contributed by atoms with Gasteiger partial charge in [-0.25, -0.2) is 0 Å². The standard InChI is InChI=1S/C20H26N2O4/c1-2-12-21-19(26)15-6-8-16(9-7-15)22-17(23)13-20(14-18(24)25)10-4-3-5-11-20/h2,6-9H,1,3-5,10-14H2,(H,21,26)(H,22,23)(H,24,25). The largest absolute Gasteiger partial charge is 0.481 e. The van der Waals surface area contributed by atoms with Crippen LogP contribution in [-0.4, -0.2) is 29.4 Å². The number of benzene rings is 1. The normalized spacial score (nSPS) is 15.7. The Morgan fingerprint density at radius 3 is 2.31 bits per heavy atom. The molecule has 1 aliphatic carbocycles. The average molecular weight is 358 g/mol. The van der Waals surface area contributed by atoms with Gasteiger partial charge in [-0.15, -0.1) is 6.58 Å². The van der Waals surface area contributed by atoms with E-state index >= 15 is 0 Å². The summed E-state index contributed by atoms with van der Waals surface area (Å²) in [4.78, 5) is 35.5. The number of carboxylic acid groups (broad SMARTS) is 1. The second kappa shape index (κ2) is 9.17. The van der Waals surface area contributed by atoms with Gasteiger partial charge in [-0.05, 0) is 42.5 Å². The molecule has 0 bridgehead atoms. The number of nitrogens with one attached hydrogen (secondary N) is 2. The van der Waals surface area contributed by atoms with Gasteiger partial charge in [-0.3, -0.25) is 14.4 Å². The van der Waals surface area contributed by atoms with Crippen LogP contribution < -0.4 is 10.6 Å². The van der Waals surface area contributed by atoms with E-state index in [9.17, 15) is 19.5 Å². The van der Waals surface area contributed by atoms with Crippen molar-refractivity contribution in [1.29, 1.82) is 0 Å². The molecule has 3 N–H and O–H groups in total. The first-order chi connectivity index (χ1) is 12.4. The number of aliphatic carboxylic acids is 1. The van der Waals surface area contributed by atoms with Crippen molar-refractivity contribution in [3.63, 3.8) is 0 Å². The zero-order valence-electron chi connectivity index (χ0n) is 14.9. The number of carboxylic acids is 1. The van der Waals surface area contributed by atoms with Gasteiger partial charge in [-0.2, -0.15) is 0 Å². The van der Waals surface area contributed by atoms with Crippen molar-refractivity contribution in [2.24, 2.45) is 5.41 Å². The minimum absolute atomic E-state index is 0.0306. The van der Waals surface area contributed by atoms with Gasteiger partial charge in [-0.1, -0.05) is 25.3 Å². The first-order valence-corrected chi connectivity index (χ1v) is 8.95. The van der Waals surface area contributed by atoms with E-state index in [1.807, 2.05) is 0 Å². The molecule has 0 aromatic heterocycles. The second-order valence-electron chi connectivity index (χ2n) is 6.93. The summed E-state index contributed by atoms with van der Waals surface area (Å²) in [6.45, 7) is 3.94. The Morgan fingerprint density at radius 1 is 1.08 bits per heavy atom. The highest BCUT2D eigenvalue weighted by atomic mass is 16.4. The lowest BCUT2D eigenvalue weighted by atomic mass is 9.69. The predicted octanol–water partition coefficient (Wildman–Crippen LogP) is 3.36. The van der Waals surface area contributed by atoms with Crippen LogP contribution in [0, 0.1) is 5.41 Å². The third-order valence-electron chi connectivity index (χ3n) is 4.81. The zero-order chi connectivity index (χ0) is 19.0. The molecule has 6 nitrogen and oxygen atoms in total. The Labute approximate surface area is 153 Å². The highest BCUT2D eigenvalue weighted by Gasteiger charge is 2.36. The summed E-state index contributed by atoms with van der Waals surface area (Å²) in [5.74, 6) is -1.24. The minimum atomic E-state index is -0.852. The van der Waals surface area contributed by atoms with Gasteiger partial charge in [0.05, 0.1) is 6.42 Å². The molecule has 0 aliphatic heterocycles. The molecule has 2 rings (SSSR count). The fourth-order valence-corrected chi connectivity index (χ4v) is 3.56. The molecule has 1 aliphatic rings. The number of anilines is 1. The van der Waals surface area contributed by atoms with Crippen LogP contribution in [0.5, 0.6) is 0 Å². The van der Waals surface area contributed by atoms with Crippen LogP contribution in [0.3, 0.4) is 0 Å². The van der Waals surface area contributed by atoms with Crippen molar-refractivity contribution in [2.75, 3.05) is 11.9 Å². The first kappa shape index (κ1) is 19.7. The highest BCUT2D eigenvalue weighted by Crippen LogP contribution is 2.42. The van der Waals surface area contributed by atoms with Crippen LogP contribution in [0.25, 0.3) is 0 Å². The van der Waals surface area contributed by atoms with Crippen molar-refractivity contribution in [2.45, 2.75) is 44.9 Å². The number of carbonyl (C=O) groups excluding carboxylic acids is 2. The summed E-state index contributed by atoms with van der Waals surface area (Å²) >= 11 is 0. The molecule has 1 saturated carbocycles. The molecule has 140 valence electrons. The molecule has 0 spiro atoms. The van der Waals surface area contributed by atoms with Crippen molar-refractivity contribution < 1.29 is 19.5 Å². The van der Waals surface area contributed by atoms with Crippen molar-refractivity contribution in [1.82, 2.24) is 5.32 Å². The van der Waals surface area contributed by atoms with Crippen LogP contribution >= 0.6 is 0 Å². The molecule has 0 saturated heterocycles. The summed E-state index contributed by atoms with van der Waals surface area (Å²) in [5, 5.41) is 14.7. The fourth-order valence-electron chi connectivity index (χ4n) is 3.56. The Kier molecular flexibility index (Phi) is 6.95. The minimum Gasteiger partial charge on any atom is -0.481 e. The van der Waals surface area contributed by atoms with Crippen molar-refractivity contribution in [3.8, 4) is 0 Å². The van der Waals surface area contributed by atoms with E-state index in [-0.39, 0.29) is 24.7 Å². The quantitative estimate of drug-likeness (QED) is 0.621. The van der Waals surface area contributed by atoms with Crippen LogP contribution in [0.15, 0.2) is 36.9 Å². The average Bonchev–Trinajstić information content (AvgIpc) is 2.60. The van der Waals surface area contributed by atoms with Gasteiger partial charge in [0.15, 0.2) is 0 Å². The highest BCUT2D eigenvalue weighted by molar-refractivity contribution is 5.96. The molecule has 0 heterocycles. The molecule has 2 amide bonds. The van der Waals surface area contributed by atoms with Gasteiger partial charge in [0.2, 0.25) is 5.91 Å². The zero-order valence-corrected chi connectivity index (χ0v) is 14.9. The molecule has 1 aromatic rings. The van der Waals surface area contributed by atoms with Crippen LogP contribution in [0.1, 0.15) is 55.3 Å². The summed E-state index contributed by atoms with van der Waals surface area (Å²) in [7, 11) is 0. The lowest BCUT2D eigenvalue weighted by Crippen LogP contribution is -2.32. The van der Waals surface area contributed by atoms with E-state index in [2.05, 4.69) is 17.2 Å². The maximum absolute atomic E-state index is 12.4. The van der Waals surface area contributed by atoms with Crippen molar-refractivity contribution in [3.05, 3.63) is 42.5 Å². The molecule has 1 aromatic carbocycles. The Bertz CT molecular complexity index is 661. The Morgan fingerprint density at radius 2 is 1.73 bits per heavy atom. The maximum Gasteiger partial charge on any atom is 0.303 e. The van der Waals surface area contributed by atoms with E-state index in [4.69, 9.17) is 0 Å². The predicted molar refractivity (Wildman–Crippen MR) is 100.0 cm³/mol. The molecule has 0 atom stereocenters. The summed E-state index contributed by atoms with van der Waals surface area (Å²) in [5.41, 5.74) is 0.648. The third-order valence-corrected chi connectivity index (χ3v) is 4.81. The molecule has 0 radical (unpaired) electrons. The van der Waals surface area contributed by atoms with Gasteiger partial charge < -0.3 is 15.7 Å². The second-order valence-corrected chi connectivity index (χ2v) is 6.93. The van der Waals surface area contributed by atoms with Gasteiger partial charge in [0, 0.05) is 24.2 Å². The smallest absolute Gasteiger partial charge is 0.303 e. The number of hydrogen-bond acceptors (Lipinski definition) is 3. The monoisotopic (exact) mass is 358 g/mol. The van der Waals surface area contributed by atoms with E-state index < -0.39 is 11.4 Å². The van der Waals surface area contributed by atoms with Crippen LogP contribution in [0.4, 0.5) is 5.69 Å². The van der Waals surface area contributed by atoms with E-state index in [0.717, 1.165) is 32.1 Å². The SMILES string of the molecule is C=CCNC(=O)c1ccc(NC(=O)CC2(CC(=O)O)CCCCC2)cc1.